The van der Waals surface area contributed by atoms with Crippen molar-refractivity contribution in [1.29, 1.82) is 0 Å². The Morgan fingerprint density at radius 1 is 1.29 bits per heavy atom. The molecule has 0 aromatic heterocycles. The molecule has 0 unspecified atom stereocenters. The van der Waals surface area contributed by atoms with Gasteiger partial charge in [0.2, 0.25) is 0 Å². The molecule has 0 aliphatic heterocycles. The molecule has 0 radical (unpaired) electrons. The van der Waals surface area contributed by atoms with Gasteiger partial charge < -0.3 is 9.84 Å². The van der Waals surface area contributed by atoms with Crippen LogP contribution in [0.1, 0.15) is 12.0 Å². The van der Waals surface area contributed by atoms with Crippen LogP contribution in [0.15, 0.2) is 18.2 Å². The Balaban J connectivity index is 2.76. The smallest absolute Gasteiger partial charge is 0.272 e. The summed E-state index contributed by atoms with van der Waals surface area (Å²) in [6.07, 6.45) is -2.34. The van der Waals surface area contributed by atoms with Crippen molar-refractivity contribution in [2.24, 2.45) is 0 Å². The van der Waals surface area contributed by atoms with E-state index in [1.54, 1.807) is 0 Å². The topological polar surface area (TPSA) is 29.5 Å². The van der Waals surface area contributed by atoms with Gasteiger partial charge in [-0.05, 0) is 12.1 Å². The van der Waals surface area contributed by atoms with Crippen molar-refractivity contribution in [2.45, 2.75) is 12.8 Å². The largest absolute Gasteiger partial charge is 0.487 e. The minimum Gasteiger partial charge on any atom is -0.487 e. The molecule has 0 atom stereocenters. The number of hydrogen-bond donors (Lipinski definition) is 1. The second kappa shape index (κ2) is 6.81. The van der Waals surface area contributed by atoms with Crippen molar-refractivity contribution in [3.8, 4) is 17.6 Å². The average Bonchev–Trinajstić information content (AvgIpc) is 2.26. The lowest BCUT2D eigenvalue weighted by atomic mass is 10.2. The Hall–Kier alpha value is -1.67. The average molecular weight is 244 g/mol. The van der Waals surface area contributed by atoms with Gasteiger partial charge in [0.05, 0.1) is 6.61 Å². The number of aliphatic hydroxyl groups is 1. The van der Waals surface area contributed by atoms with Crippen LogP contribution in [-0.4, -0.2) is 24.7 Å². The molecule has 1 aromatic carbocycles. The van der Waals surface area contributed by atoms with Crippen molar-refractivity contribution < 1.29 is 23.0 Å². The summed E-state index contributed by atoms with van der Waals surface area (Å²) >= 11 is 0. The van der Waals surface area contributed by atoms with Gasteiger partial charge in [-0.2, -0.15) is 0 Å². The number of ether oxygens (including phenoxy) is 1. The monoisotopic (exact) mass is 244 g/mol. The summed E-state index contributed by atoms with van der Waals surface area (Å²) < 4.78 is 41.6. The summed E-state index contributed by atoms with van der Waals surface area (Å²) in [7, 11) is 0. The number of halogens is 3. The molecule has 17 heavy (non-hydrogen) atoms. The number of hydrogen-bond acceptors (Lipinski definition) is 2. The summed E-state index contributed by atoms with van der Waals surface area (Å²) in [5.74, 6) is 4.60. The van der Waals surface area contributed by atoms with Gasteiger partial charge in [-0.1, -0.05) is 11.8 Å². The molecule has 0 saturated carbocycles. The zero-order valence-corrected chi connectivity index (χ0v) is 8.92. The standard InChI is InChI=1S/C12H11F3O2/c13-10-5-9(3-1-2-4-16)6-11(7-10)17-8-12(14)15/h5-7,12,16H,2,4,8H2. The summed E-state index contributed by atoms with van der Waals surface area (Å²) in [6.45, 7) is -0.871. The Labute approximate surface area is 97.0 Å². The zero-order valence-electron chi connectivity index (χ0n) is 8.92. The zero-order chi connectivity index (χ0) is 12.7. The van der Waals surface area contributed by atoms with Crippen LogP contribution in [0.3, 0.4) is 0 Å². The Bertz CT molecular complexity index is 421. The Morgan fingerprint density at radius 2 is 2.06 bits per heavy atom. The molecular weight excluding hydrogens is 233 g/mol. The Kier molecular flexibility index (Phi) is 5.37. The van der Waals surface area contributed by atoms with Crippen LogP contribution in [0.5, 0.6) is 5.75 Å². The van der Waals surface area contributed by atoms with Crippen LogP contribution in [0.2, 0.25) is 0 Å². The fourth-order valence-electron chi connectivity index (χ4n) is 1.10. The summed E-state index contributed by atoms with van der Waals surface area (Å²) in [6, 6.07) is 3.55. The second-order valence-corrected chi connectivity index (χ2v) is 3.15. The van der Waals surface area contributed by atoms with Crippen molar-refractivity contribution in [3.63, 3.8) is 0 Å². The van der Waals surface area contributed by atoms with E-state index in [-0.39, 0.29) is 18.8 Å². The van der Waals surface area contributed by atoms with Crippen LogP contribution >= 0.6 is 0 Å². The van der Waals surface area contributed by atoms with Gasteiger partial charge in [0, 0.05) is 18.1 Å². The van der Waals surface area contributed by atoms with E-state index in [2.05, 4.69) is 16.6 Å². The molecular formula is C12H11F3O2. The van der Waals surface area contributed by atoms with Gasteiger partial charge in [0.25, 0.3) is 6.43 Å². The van der Waals surface area contributed by atoms with Gasteiger partial charge >= 0.3 is 0 Å². The molecule has 0 bridgehead atoms. The van der Waals surface area contributed by atoms with Crippen LogP contribution in [0, 0.1) is 17.7 Å². The van der Waals surface area contributed by atoms with E-state index in [1.165, 1.54) is 12.1 Å². The molecule has 0 amide bonds. The maximum atomic E-state index is 13.1. The van der Waals surface area contributed by atoms with Crippen molar-refractivity contribution in [1.82, 2.24) is 0 Å². The van der Waals surface area contributed by atoms with Crippen LogP contribution in [0.4, 0.5) is 13.2 Å². The molecule has 2 nitrogen and oxygen atoms in total. The maximum Gasteiger partial charge on any atom is 0.272 e. The van der Waals surface area contributed by atoms with Gasteiger partial charge in [0.1, 0.15) is 18.2 Å². The van der Waals surface area contributed by atoms with Crippen molar-refractivity contribution >= 4 is 0 Å². The SMILES string of the molecule is OCCC#Cc1cc(F)cc(OCC(F)F)c1. The molecule has 1 aromatic rings. The predicted octanol–water partition coefficient (Wildman–Crippen LogP) is 2.20. The number of aliphatic hydroxyl groups excluding tert-OH is 1. The van der Waals surface area contributed by atoms with Gasteiger partial charge in [0.15, 0.2) is 0 Å². The summed E-state index contributed by atoms with van der Waals surface area (Å²) in [4.78, 5) is 0. The van der Waals surface area contributed by atoms with Gasteiger partial charge in [-0.3, -0.25) is 0 Å². The highest BCUT2D eigenvalue weighted by atomic mass is 19.3. The number of benzene rings is 1. The third kappa shape index (κ3) is 5.27. The highest BCUT2D eigenvalue weighted by molar-refractivity contribution is 5.40. The molecule has 0 aliphatic rings. The highest BCUT2D eigenvalue weighted by Crippen LogP contribution is 2.16. The first kappa shape index (κ1) is 13.4. The fourth-order valence-corrected chi connectivity index (χ4v) is 1.10. The van der Waals surface area contributed by atoms with E-state index in [0.29, 0.717) is 5.56 Å². The van der Waals surface area contributed by atoms with E-state index in [1.807, 2.05) is 0 Å². The summed E-state index contributed by atoms with van der Waals surface area (Å²) in [5.41, 5.74) is 0.322. The van der Waals surface area contributed by atoms with E-state index >= 15 is 0 Å². The second-order valence-electron chi connectivity index (χ2n) is 3.15. The normalized spacial score (nSPS) is 9.94. The quantitative estimate of drug-likeness (QED) is 0.823. The molecule has 0 aliphatic carbocycles. The molecule has 1 N–H and O–H groups in total. The third-order valence-electron chi connectivity index (χ3n) is 1.72. The van der Waals surface area contributed by atoms with E-state index in [0.717, 1.165) is 6.07 Å². The van der Waals surface area contributed by atoms with Crippen molar-refractivity contribution in [3.05, 3.63) is 29.6 Å². The first-order valence-electron chi connectivity index (χ1n) is 4.93. The van der Waals surface area contributed by atoms with Crippen LogP contribution in [0.25, 0.3) is 0 Å². The van der Waals surface area contributed by atoms with Gasteiger partial charge in [-0.25, -0.2) is 13.2 Å². The lowest BCUT2D eigenvalue weighted by Crippen LogP contribution is -2.07. The van der Waals surface area contributed by atoms with E-state index in [4.69, 9.17) is 5.11 Å². The van der Waals surface area contributed by atoms with Gasteiger partial charge in [-0.15, -0.1) is 0 Å². The molecule has 0 heterocycles. The molecule has 5 heteroatoms. The van der Waals surface area contributed by atoms with Crippen LogP contribution in [-0.2, 0) is 0 Å². The van der Waals surface area contributed by atoms with E-state index in [9.17, 15) is 13.2 Å². The van der Waals surface area contributed by atoms with Crippen LogP contribution < -0.4 is 4.74 Å². The van der Waals surface area contributed by atoms with Crippen molar-refractivity contribution in [2.75, 3.05) is 13.2 Å². The molecule has 0 fully saturated rings. The number of alkyl halides is 2. The highest BCUT2D eigenvalue weighted by Gasteiger charge is 2.05. The lowest BCUT2D eigenvalue weighted by Gasteiger charge is -2.05. The minimum atomic E-state index is -2.61. The lowest BCUT2D eigenvalue weighted by molar-refractivity contribution is 0.0817. The maximum absolute atomic E-state index is 13.1. The fraction of sp³-hybridized carbons (Fsp3) is 0.333. The molecule has 92 valence electrons. The number of rotatable bonds is 4. The van der Waals surface area contributed by atoms with E-state index < -0.39 is 18.8 Å². The predicted molar refractivity (Wildman–Crippen MR) is 56.5 cm³/mol. The molecule has 0 saturated heterocycles. The third-order valence-corrected chi connectivity index (χ3v) is 1.72. The summed E-state index contributed by atoms with van der Waals surface area (Å²) in [5, 5.41) is 8.51. The first-order valence-corrected chi connectivity index (χ1v) is 4.93. The first-order chi connectivity index (χ1) is 8.11. The Morgan fingerprint density at radius 3 is 2.71 bits per heavy atom. The minimum absolute atomic E-state index is 0.0126. The molecule has 1 rings (SSSR count). The molecule has 0 spiro atoms.